The zero-order valence-corrected chi connectivity index (χ0v) is 10.7. The minimum Gasteiger partial charge on any atom is -0.482 e. The van der Waals surface area contributed by atoms with Gasteiger partial charge in [0.05, 0.1) is 0 Å². The zero-order valence-electron chi connectivity index (χ0n) is 9.12. The normalized spacial score (nSPS) is 19.6. The summed E-state index contributed by atoms with van der Waals surface area (Å²) >= 11 is 3.42. The lowest BCUT2D eigenvalue weighted by molar-refractivity contribution is 0.147. The van der Waals surface area contributed by atoms with Gasteiger partial charge in [0.25, 0.3) is 0 Å². The molecule has 3 heteroatoms. The van der Waals surface area contributed by atoms with Crippen LogP contribution < -0.4 is 4.74 Å². The van der Waals surface area contributed by atoms with Crippen LogP contribution >= 0.6 is 15.9 Å². The molecular weight excluding hydrogens is 254 g/mol. The van der Waals surface area contributed by atoms with Crippen LogP contribution in [0, 0.1) is 5.41 Å². The standard InChI is InChI=1S/C12H14BrNO/c1-12(2,3)11-7-14-9-6-8(13)4-5-10(9)15-11/h4-7,11H,1-3H3. The molecule has 80 valence electrons. The van der Waals surface area contributed by atoms with Gasteiger partial charge in [0.15, 0.2) is 0 Å². The topological polar surface area (TPSA) is 21.6 Å². The Balaban J connectivity index is 2.32. The molecule has 1 aromatic carbocycles. The van der Waals surface area contributed by atoms with E-state index in [1.54, 1.807) is 0 Å². The van der Waals surface area contributed by atoms with Crippen molar-refractivity contribution in [1.29, 1.82) is 0 Å². The Kier molecular flexibility index (Phi) is 2.59. The van der Waals surface area contributed by atoms with Crippen molar-refractivity contribution in [2.45, 2.75) is 26.9 Å². The molecule has 1 atom stereocenters. The van der Waals surface area contributed by atoms with Crippen LogP contribution in [0.2, 0.25) is 0 Å². The molecule has 1 unspecified atom stereocenters. The third-order valence-electron chi connectivity index (χ3n) is 2.38. The van der Waals surface area contributed by atoms with E-state index < -0.39 is 0 Å². The van der Waals surface area contributed by atoms with Crippen LogP contribution in [-0.2, 0) is 0 Å². The number of benzene rings is 1. The van der Waals surface area contributed by atoms with E-state index in [-0.39, 0.29) is 11.5 Å². The van der Waals surface area contributed by atoms with Gasteiger partial charge in [-0.3, -0.25) is 4.99 Å². The van der Waals surface area contributed by atoms with E-state index in [0.717, 1.165) is 15.9 Å². The quantitative estimate of drug-likeness (QED) is 0.698. The van der Waals surface area contributed by atoms with Crippen LogP contribution in [0.15, 0.2) is 27.7 Å². The second kappa shape index (κ2) is 3.63. The Hall–Kier alpha value is -0.830. The second-order valence-corrected chi connectivity index (χ2v) is 5.71. The molecule has 2 nitrogen and oxygen atoms in total. The highest BCUT2D eigenvalue weighted by Gasteiger charge is 2.27. The molecule has 1 aromatic rings. The Morgan fingerprint density at radius 2 is 2.07 bits per heavy atom. The molecule has 0 saturated carbocycles. The number of halogens is 1. The fourth-order valence-electron chi connectivity index (χ4n) is 1.41. The van der Waals surface area contributed by atoms with Crippen molar-refractivity contribution in [2.24, 2.45) is 10.4 Å². The summed E-state index contributed by atoms with van der Waals surface area (Å²) in [5.41, 5.74) is 0.971. The van der Waals surface area contributed by atoms with Gasteiger partial charge in [-0.2, -0.15) is 0 Å². The smallest absolute Gasteiger partial charge is 0.145 e. The molecule has 0 aliphatic carbocycles. The molecule has 0 bridgehead atoms. The summed E-state index contributed by atoms with van der Waals surface area (Å²) in [6.07, 6.45) is 1.93. The lowest BCUT2D eigenvalue weighted by atomic mass is 9.89. The lowest BCUT2D eigenvalue weighted by Crippen LogP contribution is -2.34. The minimum absolute atomic E-state index is 0.0474. The van der Waals surface area contributed by atoms with Gasteiger partial charge in [0.1, 0.15) is 17.5 Å². The van der Waals surface area contributed by atoms with Crippen molar-refractivity contribution in [1.82, 2.24) is 0 Å². The Labute approximate surface area is 98.5 Å². The number of nitrogens with zero attached hydrogens (tertiary/aromatic N) is 1. The molecule has 0 fully saturated rings. The second-order valence-electron chi connectivity index (χ2n) is 4.79. The van der Waals surface area contributed by atoms with Gasteiger partial charge in [-0.25, -0.2) is 0 Å². The highest BCUT2D eigenvalue weighted by molar-refractivity contribution is 9.10. The highest BCUT2D eigenvalue weighted by Crippen LogP contribution is 2.36. The summed E-state index contributed by atoms with van der Waals surface area (Å²) in [5, 5.41) is 0. The van der Waals surface area contributed by atoms with Gasteiger partial charge in [0.2, 0.25) is 0 Å². The number of hydrogen-bond acceptors (Lipinski definition) is 2. The Morgan fingerprint density at radius 1 is 1.33 bits per heavy atom. The summed E-state index contributed by atoms with van der Waals surface area (Å²) in [6.45, 7) is 6.44. The van der Waals surface area contributed by atoms with E-state index in [4.69, 9.17) is 4.74 Å². The van der Waals surface area contributed by atoms with Crippen LogP contribution in [0.5, 0.6) is 5.75 Å². The predicted molar refractivity (Wildman–Crippen MR) is 66.2 cm³/mol. The van der Waals surface area contributed by atoms with E-state index in [1.807, 2.05) is 24.4 Å². The van der Waals surface area contributed by atoms with Gasteiger partial charge in [-0.1, -0.05) is 36.7 Å². The first-order chi connectivity index (χ1) is 6.97. The number of rotatable bonds is 0. The summed E-state index contributed by atoms with van der Waals surface area (Å²) in [6, 6.07) is 5.89. The molecule has 0 saturated heterocycles. The maximum atomic E-state index is 5.88. The van der Waals surface area contributed by atoms with Gasteiger partial charge in [-0.05, 0) is 18.2 Å². The number of fused-ring (bicyclic) bond motifs is 1. The third-order valence-corrected chi connectivity index (χ3v) is 2.87. The fourth-order valence-corrected chi connectivity index (χ4v) is 1.76. The number of hydrogen-bond donors (Lipinski definition) is 0. The highest BCUT2D eigenvalue weighted by atomic mass is 79.9. The van der Waals surface area contributed by atoms with Crippen molar-refractivity contribution < 1.29 is 4.74 Å². The summed E-state index contributed by atoms with van der Waals surface area (Å²) in [7, 11) is 0. The Bertz CT molecular complexity index is 407. The van der Waals surface area contributed by atoms with Crippen molar-refractivity contribution in [2.75, 3.05) is 0 Å². The van der Waals surface area contributed by atoms with Crippen LogP contribution in [-0.4, -0.2) is 12.3 Å². The largest absolute Gasteiger partial charge is 0.482 e. The van der Waals surface area contributed by atoms with Gasteiger partial charge >= 0.3 is 0 Å². The van der Waals surface area contributed by atoms with Gasteiger partial charge in [-0.15, -0.1) is 0 Å². The monoisotopic (exact) mass is 267 g/mol. The molecule has 0 amide bonds. The van der Waals surface area contributed by atoms with Gasteiger partial charge < -0.3 is 4.74 Å². The molecule has 0 radical (unpaired) electrons. The van der Waals surface area contributed by atoms with Crippen LogP contribution in [0.4, 0.5) is 5.69 Å². The van der Waals surface area contributed by atoms with E-state index in [2.05, 4.69) is 41.7 Å². The van der Waals surface area contributed by atoms with Crippen LogP contribution in [0.25, 0.3) is 0 Å². The van der Waals surface area contributed by atoms with Crippen LogP contribution in [0.3, 0.4) is 0 Å². The molecule has 1 heterocycles. The van der Waals surface area contributed by atoms with Crippen molar-refractivity contribution in [3.63, 3.8) is 0 Å². The first kappa shape index (κ1) is 10.7. The number of aliphatic imine (C=N–C) groups is 1. The SMILES string of the molecule is CC(C)(C)C1C=Nc2cc(Br)ccc2O1. The molecule has 0 aromatic heterocycles. The van der Waals surface area contributed by atoms with Crippen molar-refractivity contribution in [3.05, 3.63) is 22.7 Å². The van der Waals surface area contributed by atoms with E-state index >= 15 is 0 Å². The Morgan fingerprint density at radius 3 is 2.73 bits per heavy atom. The molecule has 1 aliphatic rings. The van der Waals surface area contributed by atoms with Crippen molar-refractivity contribution >= 4 is 27.8 Å². The molecule has 0 N–H and O–H groups in total. The molecule has 0 spiro atoms. The lowest BCUT2D eigenvalue weighted by Gasteiger charge is -2.30. The third kappa shape index (κ3) is 2.23. The minimum atomic E-state index is 0.0474. The summed E-state index contributed by atoms with van der Waals surface area (Å²) in [5.74, 6) is 0.862. The fraction of sp³-hybridized carbons (Fsp3) is 0.417. The molecule has 15 heavy (non-hydrogen) atoms. The maximum absolute atomic E-state index is 5.88. The predicted octanol–water partition coefficient (Wildman–Crippen LogP) is 3.96. The molecular formula is C12H14BrNO. The van der Waals surface area contributed by atoms with E-state index in [1.165, 1.54) is 0 Å². The summed E-state index contributed by atoms with van der Waals surface area (Å²) < 4.78 is 6.91. The summed E-state index contributed by atoms with van der Waals surface area (Å²) in [4.78, 5) is 4.42. The molecule has 2 rings (SSSR count). The first-order valence-electron chi connectivity index (χ1n) is 4.97. The molecule has 1 aliphatic heterocycles. The number of ether oxygens (including phenoxy) is 1. The zero-order chi connectivity index (χ0) is 11.1. The van der Waals surface area contributed by atoms with Crippen LogP contribution in [0.1, 0.15) is 20.8 Å². The average molecular weight is 268 g/mol. The maximum Gasteiger partial charge on any atom is 0.145 e. The van der Waals surface area contributed by atoms with E-state index in [0.29, 0.717) is 0 Å². The van der Waals surface area contributed by atoms with Crippen molar-refractivity contribution in [3.8, 4) is 5.75 Å². The van der Waals surface area contributed by atoms with E-state index in [9.17, 15) is 0 Å². The average Bonchev–Trinajstić information content (AvgIpc) is 2.15. The first-order valence-corrected chi connectivity index (χ1v) is 5.76. The van der Waals surface area contributed by atoms with Gasteiger partial charge in [0, 0.05) is 16.1 Å².